The zero-order chi connectivity index (χ0) is 13.4. The SMILES string of the molecule is CCN(CC)CCN=C(N)Nc1ccc(C)cc1. The van der Waals surface area contributed by atoms with E-state index in [0.717, 1.165) is 31.9 Å². The first-order valence-electron chi connectivity index (χ1n) is 6.51. The molecule has 0 saturated carbocycles. The van der Waals surface area contributed by atoms with Gasteiger partial charge in [0.2, 0.25) is 0 Å². The predicted octanol–water partition coefficient (Wildman–Crippen LogP) is 2.06. The highest BCUT2D eigenvalue weighted by atomic mass is 15.1. The van der Waals surface area contributed by atoms with E-state index in [0.29, 0.717) is 5.96 Å². The number of aryl methyl sites for hydroxylation is 1. The van der Waals surface area contributed by atoms with E-state index < -0.39 is 0 Å². The summed E-state index contributed by atoms with van der Waals surface area (Å²) in [5.41, 5.74) is 8.04. The fourth-order valence-corrected chi connectivity index (χ4v) is 1.68. The summed E-state index contributed by atoms with van der Waals surface area (Å²) in [5.74, 6) is 0.478. The highest BCUT2D eigenvalue weighted by molar-refractivity contribution is 5.92. The fourth-order valence-electron chi connectivity index (χ4n) is 1.68. The molecule has 4 heteroatoms. The summed E-state index contributed by atoms with van der Waals surface area (Å²) >= 11 is 0. The van der Waals surface area contributed by atoms with Gasteiger partial charge in [-0.05, 0) is 32.1 Å². The molecule has 3 N–H and O–H groups in total. The average Bonchev–Trinajstić information content (AvgIpc) is 2.37. The molecule has 0 aromatic heterocycles. The molecule has 18 heavy (non-hydrogen) atoms. The second-order valence-corrected chi connectivity index (χ2v) is 4.28. The maximum Gasteiger partial charge on any atom is 0.193 e. The summed E-state index contributed by atoms with van der Waals surface area (Å²) in [6, 6.07) is 8.10. The van der Waals surface area contributed by atoms with Crippen molar-refractivity contribution in [2.24, 2.45) is 10.7 Å². The molecule has 0 unspecified atom stereocenters. The molecule has 0 aliphatic rings. The zero-order valence-electron chi connectivity index (χ0n) is 11.6. The van der Waals surface area contributed by atoms with Gasteiger partial charge in [0.05, 0.1) is 6.54 Å². The van der Waals surface area contributed by atoms with Gasteiger partial charge in [-0.1, -0.05) is 31.5 Å². The highest BCUT2D eigenvalue weighted by Crippen LogP contribution is 2.07. The Kier molecular flexibility index (Phi) is 6.22. The van der Waals surface area contributed by atoms with Crippen LogP contribution in [-0.4, -0.2) is 37.0 Å². The van der Waals surface area contributed by atoms with Crippen molar-refractivity contribution in [3.63, 3.8) is 0 Å². The number of nitrogens with zero attached hydrogens (tertiary/aromatic N) is 2. The van der Waals surface area contributed by atoms with Crippen LogP contribution in [0.25, 0.3) is 0 Å². The van der Waals surface area contributed by atoms with Gasteiger partial charge in [-0.25, -0.2) is 0 Å². The van der Waals surface area contributed by atoms with Gasteiger partial charge in [0.25, 0.3) is 0 Å². The fraction of sp³-hybridized carbons (Fsp3) is 0.500. The number of aliphatic imine (C=N–C) groups is 1. The van der Waals surface area contributed by atoms with Gasteiger partial charge in [0.15, 0.2) is 5.96 Å². The Bertz CT molecular complexity index is 366. The quantitative estimate of drug-likeness (QED) is 0.598. The minimum atomic E-state index is 0.478. The van der Waals surface area contributed by atoms with Crippen LogP contribution in [-0.2, 0) is 0 Å². The maximum atomic E-state index is 5.83. The monoisotopic (exact) mass is 248 g/mol. The van der Waals surface area contributed by atoms with Crippen LogP contribution in [0, 0.1) is 6.92 Å². The number of anilines is 1. The molecule has 0 amide bonds. The number of hydrogen-bond donors (Lipinski definition) is 2. The van der Waals surface area contributed by atoms with Gasteiger partial charge in [-0.2, -0.15) is 0 Å². The van der Waals surface area contributed by atoms with Gasteiger partial charge in [-0.15, -0.1) is 0 Å². The van der Waals surface area contributed by atoms with Crippen molar-refractivity contribution in [1.82, 2.24) is 4.90 Å². The molecular weight excluding hydrogens is 224 g/mol. The Morgan fingerprint density at radius 1 is 1.22 bits per heavy atom. The summed E-state index contributed by atoms with van der Waals surface area (Å²) in [6.07, 6.45) is 0. The number of rotatable bonds is 6. The van der Waals surface area contributed by atoms with E-state index in [-0.39, 0.29) is 0 Å². The van der Waals surface area contributed by atoms with Crippen molar-refractivity contribution in [2.75, 3.05) is 31.5 Å². The number of nitrogens with one attached hydrogen (secondary N) is 1. The first kappa shape index (κ1) is 14.5. The van der Waals surface area contributed by atoms with Gasteiger partial charge < -0.3 is 16.0 Å². The van der Waals surface area contributed by atoms with Gasteiger partial charge in [-0.3, -0.25) is 4.99 Å². The van der Waals surface area contributed by atoms with Crippen molar-refractivity contribution in [2.45, 2.75) is 20.8 Å². The summed E-state index contributed by atoms with van der Waals surface area (Å²) in [5, 5.41) is 3.09. The Morgan fingerprint density at radius 2 is 1.83 bits per heavy atom. The maximum absolute atomic E-state index is 5.83. The molecule has 0 radical (unpaired) electrons. The molecule has 1 aromatic carbocycles. The van der Waals surface area contributed by atoms with E-state index in [1.807, 2.05) is 24.3 Å². The van der Waals surface area contributed by atoms with Crippen LogP contribution in [0.3, 0.4) is 0 Å². The number of nitrogens with two attached hydrogens (primary N) is 1. The molecule has 0 aliphatic carbocycles. The largest absolute Gasteiger partial charge is 0.370 e. The normalized spacial score (nSPS) is 11.9. The molecule has 0 atom stereocenters. The van der Waals surface area contributed by atoms with E-state index in [1.165, 1.54) is 5.56 Å². The molecule has 0 saturated heterocycles. The van der Waals surface area contributed by atoms with Gasteiger partial charge in [0, 0.05) is 12.2 Å². The molecule has 0 heterocycles. The van der Waals surface area contributed by atoms with Gasteiger partial charge >= 0.3 is 0 Å². The lowest BCUT2D eigenvalue weighted by atomic mass is 10.2. The molecule has 4 nitrogen and oxygen atoms in total. The minimum absolute atomic E-state index is 0.478. The molecule has 100 valence electrons. The van der Waals surface area contributed by atoms with E-state index in [2.05, 4.69) is 36.0 Å². The Labute approximate surface area is 110 Å². The van der Waals surface area contributed by atoms with Crippen LogP contribution in [0.15, 0.2) is 29.3 Å². The van der Waals surface area contributed by atoms with Crippen LogP contribution in [0.5, 0.6) is 0 Å². The van der Waals surface area contributed by atoms with E-state index in [4.69, 9.17) is 5.73 Å². The Morgan fingerprint density at radius 3 is 2.39 bits per heavy atom. The number of likely N-dealkylation sites (N-methyl/N-ethyl adjacent to an activating group) is 1. The van der Waals surface area contributed by atoms with Crippen molar-refractivity contribution < 1.29 is 0 Å². The predicted molar refractivity (Wildman–Crippen MR) is 79.1 cm³/mol. The summed E-state index contributed by atoms with van der Waals surface area (Å²) in [6.45, 7) is 10.2. The highest BCUT2D eigenvalue weighted by Gasteiger charge is 1.98. The third kappa shape index (κ3) is 5.19. The second kappa shape index (κ2) is 7.71. The lowest BCUT2D eigenvalue weighted by Crippen LogP contribution is -2.28. The van der Waals surface area contributed by atoms with Crippen LogP contribution in [0.2, 0.25) is 0 Å². The van der Waals surface area contributed by atoms with Crippen LogP contribution in [0.1, 0.15) is 19.4 Å². The molecule has 0 fully saturated rings. The standard InChI is InChI=1S/C14H24N4/c1-4-18(5-2)11-10-16-14(15)17-13-8-6-12(3)7-9-13/h6-9H,4-5,10-11H2,1-3H3,(H3,15,16,17). The molecule has 0 spiro atoms. The second-order valence-electron chi connectivity index (χ2n) is 4.28. The van der Waals surface area contributed by atoms with E-state index >= 15 is 0 Å². The molecule has 0 bridgehead atoms. The van der Waals surface area contributed by atoms with Crippen molar-refractivity contribution in [3.8, 4) is 0 Å². The van der Waals surface area contributed by atoms with Crippen molar-refractivity contribution in [3.05, 3.63) is 29.8 Å². The topological polar surface area (TPSA) is 53.6 Å². The minimum Gasteiger partial charge on any atom is -0.370 e. The third-order valence-corrected chi connectivity index (χ3v) is 2.92. The van der Waals surface area contributed by atoms with Crippen molar-refractivity contribution >= 4 is 11.6 Å². The lowest BCUT2D eigenvalue weighted by molar-refractivity contribution is 0.313. The lowest BCUT2D eigenvalue weighted by Gasteiger charge is -2.16. The van der Waals surface area contributed by atoms with Crippen LogP contribution in [0.4, 0.5) is 5.69 Å². The first-order valence-corrected chi connectivity index (χ1v) is 6.51. The van der Waals surface area contributed by atoms with E-state index in [9.17, 15) is 0 Å². The summed E-state index contributed by atoms with van der Waals surface area (Å²) < 4.78 is 0. The van der Waals surface area contributed by atoms with Crippen LogP contribution < -0.4 is 11.1 Å². The Hall–Kier alpha value is -1.55. The third-order valence-electron chi connectivity index (χ3n) is 2.92. The first-order chi connectivity index (χ1) is 8.65. The number of guanidine groups is 1. The zero-order valence-corrected chi connectivity index (χ0v) is 11.6. The number of hydrogen-bond acceptors (Lipinski definition) is 2. The van der Waals surface area contributed by atoms with Gasteiger partial charge in [0.1, 0.15) is 0 Å². The molecule has 1 rings (SSSR count). The molecular formula is C14H24N4. The van der Waals surface area contributed by atoms with Crippen LogP contribution >= 0.6 is 0 Å². The molecule has 1 aromatic rings. The Balaban J connectivity index is 2.40. The summed E-state index contributed by atoms with van der Waals surface area (Å²) in [7, 11) is 0. The smallest absolute Gasteiger partial charge is 0.193 e. The molecule has 0 aliphatic heterocycles. The number of benzene rings is 1. The van der Waals surface area contributed by atoms with Crippen molar-refractivity contribution in [1.29, 1.82) is 0 Å². The average molecular weight is 248 g/mol. The summed E-state index contributed by atoms with van der Waals surface area (Å²) in [4.78, 5) is 6.64. The van der Waals surface area contributed by atoms with E-state index in [1.54, 1.807) is 0 Å².